The third-order valence-electron chi connectivity index (χ3n) is 2.05. The molecule has 0 heterocycles. The van der Waals surface area contributed by atoms with E-state index in [1.165, 1.54) is 0 Å². The van der Waals surface area contributed by atoms with Gasteiger partial charge in [-0.2, -0.15) is 0 Å². The Morgan fingerprint density at radius 1 is 1.38 bits per heavy atom. The average Bonchev–Trinajstić information content (AvgIpc) is 2.14. The van der Waals surface area contributed by atoms with Gasteiger partial charge in [0.05, 0.1) is 0 Å². The van der Waals surface area contributed by atoms with Crippen LogP contribution in [0.1, 0.15) is 27.7 Å². The second-order valence-corrected chi connectivity index (χ2v) is 5.93. The molecule has 0 aliphatic heterocycles. The molecule has 0 saturated carbocycles. The number of benzene rings is 1. The highest BCUT2D eigenvalue weighted by molar-refractivity contribution is 9.10. The van der Waals surface area contributed by atoms with E-state index < -0.39 is 0 Å². The van der Waals surface area contributed by atoms with E-state index in [2.05, 4.69) is 48.9 Å². The third-order valence-corrected chi connectivity index (χ3v) is 2.55. The quantitative estimate of drug-likeness (QED) is 0.913. The van der Waals surface area contributed by atoms with Gasteiger partial charge in [-0.05, 0) is 45.9 Å². The lowest BCUT2D eigenvalue weighted by atomic mass is 10.1. The van der Waals surface area contributed by atoms with Crippen LogP contribution in [0.25, 0.3) is 0 Å². The fourth-order valence-electron chi connectivity index (χ4n) is 1.26. The highest BCUT2D eigenvalue weighted by Gasteiger charge is 2.11. The summed E-state index contributed by atoms with van der Waals surface area (Å²) in [4.78, 5) is 0. The van der Waals surface area contributed by atoms with Gasteiger partial charge in [0.15, 0.2) is 0 Å². The Morgan fingerprint density at radius 3 is 2.62 bits per heavy atom. The molecule has 2 nitrogen and oxygen atoms in total. The van der Waals surface area contributed by atoms with Crippen LogP contribution in [0.3, 0.4) is 0 Å². The van der Waals surface area contributed by atoms with Gasteiger partial charge < -0.3 is 10.1 Å². The molecule has 0 saturated heterocycles. The predicted molar refractivity (Wildman–Crippen MR) is 72.0 cm³/mol. The second kappa shape index (κ2) is 5.69. The van der Waals surface area contributed by atoms with E-state index in [1.807, 2.05) is 24.3 Å². The van der Waals surface area contributed by atoms with E-state index in [1.54, 1.807) is 0 Å². The fourth-order valence-corrected chi connectivity index (χ4v) is 1.64. The molecule has 3 heteroatoms. The lowest BCUT2D eigenvalue weighted by molar-refractivity contribution is 0.203. The Bertz CT molecular complexity index is 333. The summed E-state index contributed by atoms with van der Waals surface area (Å²) in [7, 11) is 0. The van der Waals surface area contributed by atoms with Crippen LogP contribution in [0, 0.1) is 0 Å². The molecule has 0 spiro atoms. The predicted octanol–water partition coefficient (Wildman–Crippen LogP) is 3.60. The van der Waals surface area contributed by atoms with Gasteiger partial charge in [0, 0.05) is 16.6 Å². The van der Waals surface area contributed by atoms with Gasteiger partial charge in [-0.1, -0.05) is 22.0 Å². The first-order valence-electron chi connectivity index (χ1n) is 5.54. The van der Waals surface area contributed by atoms with E-state index in [0.29, 0.717) is 0 Å². The minimum atomic E-state index is 0.134. The molecule has 0 fully saturated rings. The van der Waals surface area contributed by atoms with Gasteiger partial charge in [0.1, 0.15) is 11.9 Å². The van der Waals surface area contributed by atoms with Crippen molar-refractivity contribution in [3.63, 3.8) is 0 Å². The SMILES string of the molecule is CC(CNC(C)(C)C)Oc1cccc(Br)c1. The molecule has 0 bridgehead atoms. The number of halogens is 1. The normalized spacial score (nSPS) is 13.6. The molecule has 0 radical (unpaired) electrons. The van der Waals surface area contributed by atoms with E-state index in [4.69, 9.17) is 4.74 Å². The van der Waals surface area contributed by atoms with Crippen molar-refractivity contribution in [2.24, 2.45) is 0 Å². The van der Waals surface area contributed by atoms with Crippen LogP contribution in [-0.2, 0) is 0 Å². The standard InChI is InChI=1S/C13H20BrNO/c1-10(9-15-13(2,3)4)16-12-7-5-6-11(14)8-12/h5-8,10,15H,9H2,1-4H3. The number of ether oxygens (including phenoxy) is 1. The van der Waals surface area contributed by atoms with Crippen molar-refractivity contribution in [3.8, 4) is 5.75 Å². The van der Waals surface area contributed by atoms with E-state index in [9.17, 15) is 0 Å². The Labute approximate surface area is 107 Å². The van der Waals surface area contributed by atoms with Gasteiger partial charge >= 0.3 is 0 Å². The zero-order valence-electron chi connectivity index (χ0n) is 10.4. The van der Waals surface area contributed by atoms with Crippen LogP contribution < -0.4 is 10.1 Å². The largest absolute Gasteiger partial charge is 0.489 e. The van der Waals surface area contributed by atoms with Crippen molar-refractivity contribution in [2.75, 3.05) is 6.54 Å². The van der Waals surface area contributed by atoms with E-state index >= 15 is 0 Å². The first-order valence-corrected chi connectivity index (χ1v) is 6.33. The molecule has 16 heavy (non-hydrogen) atoms. The Hall–Kier alpha value is -0.540. The van der Waals surface area contributed by atoms with Gasteiger partial charge in [-0.15, -0.1) is 0 Å². The molecule has 0 aliphatic carbocycles. The third kappa shape index (κ3) is 5.52. The second-order valence-electron chi connectivity index (χ2n) is 5.02. The molecular formula is C13H20BrNO. The van der Waals surface area contributed by atoms with Crippen LogP contribution in [0.4, 0.5) is 0 Å². The molecule has 0 aliphatic rings. The van der Waals surface area contributed by atoms with Gasteiger partial charge in [-0.3, -0.25) is 0 Å². The lowest BCUT2D eigenvalue weighted by Gasteiger charge is -2.24. The summed E-state index contributed by atoms with van der Waals surface area (Å²) < 4.78 is 6.84. The average molecular weight is 286 g/mol. The summed E-state index contributed by atoms with van der Waals surface area (Å²) >= 11 is 3.43. The molecule has 1 aromatic carbocycles. The van der Waals surface area contributed by atoms with Crippen LogP contribution in [0.5, 0.6) is 5.75 Å². The fraction of sp³-hybridized carbons (Fsp3) is 0.538. The minimum Gasteiger partial charge on any atom is -0.489 e. The van der Waals surface area contributed by atoms with Crippen LogP contribution in [-0.4, -0.2) is 18.2 Å². The number of hydrogen-bond donors (Lipinski definition) is 1. The molecule has 0 aromatic heterocycles. The highest BCUT2D eigenvalue weighted by Crippen LogP contribution is 2.18. The van der Waals surface area contributed by atoms with E-state index in [-0.39, 0.29) is 11.6 Å². The maximum absolute atomic E-state index is 5.80. The molecule has 90 valence electrons. The summed E-state index contributed by atoms with van der Waals surface area (Å²) in [6.45, 7) is 9.37. The van der Waals surface area contributed by atoms with E-state index in [0.717, 1.165) is 16.8 Å². The maximum Gasteiger partial charge on any atom is 0.120 e. The highest BCUT2D eigenvalue weighted by atomic mass is 79.9. The Balaban J connectivity index is 2.43. The maximum atomic E-state index is 5.80. The Morgan fingerprint density at radius 2 is 2.06 bits per heavy atom. The summed E-state index contributed by atoms with van der Waals surface area (Å²) in [5.41, 5.74) is 0.134. The van der Waals surface area contributed by atoms with Gasteiger partial charge in [0.25, 0.3) is 0 Å². The topological polar surface area (TPSA) is 21.3 Å². The summed E-state index contributed by atoms with van der Waals surface area (Å²) in [6, 6.07) is 7.92. The number of rotatable bonds is 4. The first kappa shape index (κ1) is 13.5. The van der Waals surface area contributed by atoms with Gasteiger partial charge in [-0.25, -0.2) is 0 Å². The molecular weight excluding hydrogens is 266 g/mol. The zero-order chi connectivity index (χ0) is 12.2. The zero-order valence-corrected chi connectivity index (χ0v) is 12.0. The molecule has 1 N–H and O–H groups in total. The minimum absolute atomic E-state index is 0.134. The summed E-state index contributed by atoms with van der Waals surface area (Å²) in [6.07, 6.45) is 0.161. The van der Waals surface area contributed by atoms with Crippen molar-refractivity contribution in [1.82, 2.24) is 5.32 Å². The molecule has 1 aromatic rings. The monoisotopic (exact) mass is 285 g/mol. The van der Waals surface area contributed by atoms with Gasteiger partial charge in [0.2, 0.25) is 0 Å². The van der Waals surface area contributed by atoms with Crippen molar-refractivity contribution in [1.29, 1.82) is 0 Å². The summed E-state index contributed by atoms with van der Waals surface area (Å²) in [5.74, 6) is 0.901. The van der Waals surface area contributed by atoms with Crippen molar-refractivity contribution >= 4 is 15.9 Å². The Kier molecular flexibility index (Phi) is 4.81. The smallest absolute Gasteiger partial charge is 0.120 e. The molecule has 0 amide bonds. The summed E-state index contributed by atoms with van der Waals surface area (Å²) in [5, 5.41) is 3.42. The van der Waals surface area contributed by atoms with Crippen LogP contribution >= 0.6 is 15.9 Å². The van der Waals surface area contributed by atoms with Crippen molar-refractivity contribution in [2.45, 2.75) is 39.3 Å². The molecule has 1 atom stereocenters. The van der Waals surface area contributed by atoms with Crippen molar-refractivity contribution in [3.05, 3.63) is 28.7 Å². The van der Waals surface area contributed by atoms with Crippen LogP contribution in [0.15, 0.2) is 28.7 Å². The van der Waals surface area contributed by atoms with Crippen molar-refractivity contribution < 1.29 is 4.74 Å². The van der Waals surface area contributed by atoms with Crippen LogP contribution in [0.2, 0.25) is 0 Å². The number of nitrogens with one attached hydrogen (secondary N) is 1. The number of hydrogen-bond acceptors (Lipinski definition) is 2. The molecule has 1 unspecified atom stereocenters. The first-order chi connectivity index (χ1) is 7.37. The lowest BCUT2D eigenvalue weighted by Crippen LogP contribution is -2.41. The molecule has 1 rings (SSSR count).